The zero-order valence-electron chi connectivity index (χ0n) is 17.0. The summed E-state index contributed by atoms with van der Waals surface area (Å²) in [5, 5.41) is 6.92. The molecule has 2 aromatic carbocycles. The monoisotopic (exact) mass is 409 g/mol. The molecule has 1 unspecified atom stereocenters. The summed E-state index contributed by atoms with van der Waals surface area (Å²) in [5.41, 5.74) is 1.92. The van der Waals surface area contributed by atoms with Crippen molar-refractivity contribution in [2.45, 2.75) is 13.0 Å². The number of ether oxygens (including phenoxy) is 3. The van der Waals surface area contributed by atoms with E-state index in [4.69, 9.17) is 14.2 Å². The molecule has 3 rings (SSSR count). The first-order chi connectivity index (χ1) is 14.5. The maximum Gasteiger partial charge on any atom is 0.338 e. The molecule has 1 heterocycles. The van der Waals surface area contributed by atoms with Crippen LogP contribution in [0.5, 0.6) is 11.5 Å². The van der Waals surface area contributed by atoms with Crippen LogP contribution in [0.15, 0.2) is 60.9 Å². The SMILES string of the molecule is COc1ccc(OC)c(C(C)NC(=O)COC(=O)c2ccc(-n3cccn3)cc2)c1. The van der Waals surface area contributed by atoms with Gasteiger partial charge in [-0.1, -0.05) is 0 Å². The quantitative estimate of drug-likeness (QED) is 0.575. The first kappa shape index (κ1) is 20.9. The molecule has 0 saturated heterocycles. The Morgan fingerprint density at radius 3 is 2.50 bits per heavy atom. The van der Waals surface area contributed by atoms with Gasteiger partial charge in [-0.2, -0.15) is 5.10 Å². The largest absolute Gasteiger partial charge is 0.497 e. The van der Waals surface area contributed by atoms with Gasteiger partial charge in [-0.25, -0.2) is 9.48 Å². The lowest BCUT2D eigenvalue weighted by atomic mass is 10.1. The van der Waals surface area contributed by atoms with Crippen LogP contribution in [0.1, 0.15) is 28.9 Å². The van der Waals surface area contributed by atoms with E-state index in [1.165, 1.54) is 0 Å². The van der Waals surface area contributed by atoms with E-state index in [0.717, 1.165) is 11.3 Å². The highest BCUT2D eigenvalue weighted by Gasteiger charge is 2.17. The smallest absolute Gasteiger partial charge is 0.338 e. The molecule has 0 aliphatic carbocycles. The molecular formula is C22H23N3O5. The van der Waals surface area contributed by atoms with Gasteiger partial charge in [0.25, 0.3) is 5.91 Å². The van der Waals surface area contributed by atoms with Crippen LogP contribution in [0.3, 0.4) is 0 Å². The van der Waals surface area contributed by atoms with Crippen molar-refractivity contribution in [3.05, 3.63) is 72.1 Å². The molecule has 0 fully saturated rings. The Balaban J connectivity index is 1.56. The van der Waals surface area contributed by atoms with Crippen molar-refractivity contribution in [1.29, 1.82) is 0 Å². The minimum Gasteiger partial charge on any atom is -0.497 e. The van der Waals surface area contributed by atoms with E-state index in [0.29, 0.717) is 17.1 Å². The normalized spacial score (nSPS) is 11.4. The van der Waals surface area contributed by atoms with Gasteiger partial charge >= 0.3 is 5.97 Å². The molecule has 3 aromatic rings. The second-order valence-corrected chi connectivity index (χ2v) is 6.47. The number of carbonyl (C=O) groups is 2. The molecule has 1 N–H and O–H groups in total. The third kappa shape index (κ3) is 4.96. The lowest BCUT2D eigenvalue weighted by Crippen LogP contribution is -2.31. The molecule has 8 nitrogen and oxygen atoms in total. The standard InChI is InChI=1S/C22H23N3O5/c1-15(19-13-18(28-2)9-10-20(19)29-3)24-21(26)14-30-22(27)16-5-7-17(8-6-16)25-12-4-11-23-25/h4-13,15H,14H2,1-3H3,(H,24,26). The van der Waals surface area contributed by atoms with Gasteiger partial charge in [-0.15, -0.1) is 0 Å². The number of hydrogen-bond donors (Lipinski definition) is 1. The van der Waals surface area contributed by atoms with E-state index < -0.39 is 18.5 Å². The maximum atomic E-state index is 12.3. The van der Waals surface area contributed by atoms with Gasteiger partial charge in [-0.3, -0.25) is 4.79 Å². The highest BCUT2D eigenvalue weighted by molar-refractivity contribution is 5.91. The van der Waals surface area contributed by atoms with E-state index in [1.54, 1.807) is 73.8 Å². The topological polar surface area (TPSA) is 91.7 Å². The van der Waals surface area contributed by atoms with E-state index in [2.05, 4.69) is 10.4 Å². The lowest BCUT2D eigenvalue weighted by molar-refractivity contribution is -0.124. The Kier molecular flexibility index (Phi) is 6.69. The van der Waals surface area contributed by atoms with Crippen LogP contribution in [0.25, 0.3) is 5.69 Å². The fourth-order valence-electron chi connectivity index (χ4n) is 2.92. The Labute approximate surface area is 174 Å². The minimum atomic E-state index is -0.580. The summed E-state index contributed by atoms with van der Waals surface area (Å²) in [4.78, 5) is 24.5. The average Bonchev–Trinajstić information content (AvgIpc) is 3.32. The molecule has 0 aliphatic rings. The summed E-state index contributed by atoms with van der Waals surface area (Å²) >= 11 is 0. The van der Waals surface area contributed by atoms with E-state index in [9.17, 15) is 9.59 Å². The summed E-state index contributed by atoms with van der Waals surface area (Å²) in [6.45, 7) is 1.42. The molecule has 30 heavy (non-hydrogen) atoms. The number of amides is 1. The number of methoxy groups -OCH3 is 2. The molecule has 1 amide bonds. The van der Waals surface area contributed by atoms with Crippen molar-refractivity contribution < 1.29 is 23.8 Å². The Bertz CT molecular complexity index is 1000. The first-order valence-corrected chi connectivity index (χ1v) is 9.30. The molecular weight excluding hydrogens is 386 g/mol. The van der Waals surface area contributed by atoms with Crippen molar-refractivity contribution in [2.24, 2.45) is 0 Å². The average molecular weight is 409 g/mol. The number of hydrogen-bond acceptors (Lipinski definition) is 6. The molecule has 0 aliphatic heterocycles. The van der Waals surface area contributed by atoms with Gasteiger partial charge in [-0.05, 0) is 55.5 Å². The predicted molar refractivity (Wildman–Crippen MR) is 110 cm³/mol. The second-order valence-electron chi connectivity index (χ2n) is 6.47. The second kappa shape index (κ2) is 9.60. The minimum absolute atomic E-state index is 0.348. The fourth-order valence-corrected chi connectivity index (χ4v) is 2.92. The molecule has 0 saturated carbocycles. The predicted octanol–water partition coefficient (Wildman–Crippen LogP) is 2.92. The van der Waals surface area contributed by atoms with Crippen LogP contribution in [0, 0.1) is 0 Å². The number of benzene rings is 2. The molecule has 8 heteroatoms. The number of esters is 1. The van der Waals surface area contributed by atoms with Crippen molar-refractivity contribution in [3.8, 4) is 17.2 Å². The van der Waals surface area contributed by atoms with Gasteiger partial charge in [0.15, 0.2) is 6.61 Å². The molecule has 0 radical (unpaired) electrons. The number of nitrogens with one attached hydrogen (secondary N) is 1. The van der Waals surface area contributed by atoms with Crippen LogP contribution < -0.4 is 14.8 Å². The van der Waals surface area contributed by atoms with E-state index >= 15 is 0 Å². The van der Waals surface area contributed by atoms with Gasteiger partial charge in [0.05, 0.1) is 31.5 Å². The summed E-state index contributed by atoms with van der Waals surface area (Å²) in [6.07, 6.45) is 3.47. The first-order valence-electron chi connectivity index (χ1n) is 9.30. The van der Waals surface area contributed by atoms with Crippen molar-refractivity contribution in [2.75, 3.05) is 20.8 Å². The van der Waals surface area contributed by atoms with Crippen LogP contribution in [-0.2, 0) is 9.53 Å². The molecule has 156 valence electrons. The lowest BCUT2D eigenvalue weighted by Gasteiger charge is -2.18. The highest BCUT2D eigenvalue weighted by Crippen LogP contribution is 2.29. The maximum absolute atomic E-state index is 12.3. The van der Waals surface area contributed by atoms with E-state index in [1.807, 2.05) is 13.0 Å². The molecule has 1 aromatic heterocycles. The third-order valence-corrected chi connectivity index (χ3v) is 4.49. The van der Waals surface area contributed by atoms with Crippen LogP contribution >= 0.6 is 0 Å². The van der Waals surface area contributed by atoms with Crippen LogP contribution in [0.2, 0.25) is 0 Å². The summed E-state index contributed by atoms with van der Waals surface area (Å²) in [5.74, 6) is 0.271. The summed E-state index contributed by atoms with van der Waals surface area (Å²) in [7, 11) is 3.12. The fraction of sp³-hybridized carbons (Fsp3) is 0.227. The van der Waals surface area contributed by atoms with Crippen molar-refractivity contribution in [1.82, 2.24) is 15.1 Å². The van der Waals surface area contributed by atoms with Crippen molar-refractivity contribution in [3.63, 3.8) is 0 Å². The number of nitrogens with zero attached hydrogens (tertiary/aromatic N) is 2. The van der Waals surface area contributed by atoms with Gasteiger partial charge in [0.2, 0.25) is 0 Å². The number of carbonyl (C=O) groups excluding carboxylic acids is 2. The van der Waals surface area contributed by atoms with Crippen molar-refractivity contribution >= 4 is 11.9 Å². The molecule has 1 atom stereocenters. The third-order valence-electron chi connectivity index (χ3n) is 4.49. The summed E-state index contributed by atoms with van der Waals surface area (Å²) < 4.78 is 17.4. The zero-order chi connectivity index (χ0) is 21.5. The number of aromatic nitrogens is 2. The Morgan fingerprint density at radius 2 is 1.87 bits per heavy atom. The molecule has 0 bridgehead atoms. The van der Waals surface area contributed by atoms with Gasteiger partial charge in [0, 0.05) is 18.0 Å². The highest BCUT2D eigenvalue weighted by atomic mass is 16.5. The number of rotatable bonds is 8. The Morgan fingerprint density at radius 1 is 1.10 bits per heavy atom. The molecule has 0 spiro atoms. The Hall–Kier alpha value is -3.81. The summed E-state index contributed by atoms with van der Waals surface area (Å²) in [6, 6.07) is 13.5. The van der Waals surface area contributed by atoms with Gasteiger partial charge < -0.3 is 19.5 Å². The van der Waals surface area contributed by atoms with Gasteiger partial charge in [0.1, 0.15) is 11.5 Å². The zero-order valence-corrected chi connectivity index (χ0v) is 17.0. The van der Waals surface area contributed by atoms with Crippen LogP contribution in [0.4, 0.5) is 0 Å². The van der Waals surface area contributed by atoms with Crippen LogP contribution in [-0.4, -0.2) is 42.5 Å². The van der Waals surface area contributed by atoms with E-state index in [-0.39, 0.29) is 6.04 Å².